The first-order valence-corrected chi connectivity index (χ1v) is 7.07. The van der Waals surface area contributed by atoms with E-state index in [9.17, 15) is 40.5 Å². The van der Waals surface area contributed by atoms with E-state index < -0.39 is 74.0 Å². The van der Waals surface area contributed by atoms with E-state index in [0.29, 0.717) is 0 Å². The zero-order valence-electron chi connectivity index (χ0n) is 12.2. The van der Waals surface area contributed by atoms with Crippen molar-refractivity contribution in [2.45, 2.75) is 61.4 Å². The van der Waals surface area contributed by atoms with Gasteiger partial charge in [-0.05, 0) is 0 Å². The van der Waals surface area contributed by atoms with Gasteiger partial charge in [0.1, 0.15) is 42.7 Å². The molecule has 0 aromatic carbocycles. The summed E-state index contributed by atoms with van der Waals surface area (Å²) in [5, 5.41) is 75.8. The van der Waals surface area contributed by atoms with E-state index in [1.807, 2.05) is 0 Å². The van der Waals surface area contributed by atoms with Gasteiger partial charge in [-0.2, -0.15) is 0 Å². The summed E-state index contributed by atoms with van der Waals surface area (Å²) in [7, 11) is 0. The smallest absolute Gasteiger partial charge is 0.335 e. The van der Waals surface area contributed by atoms with Gasteiger partial charge < -0.3 is 55.1 Å². The first-order valence-electron chi connectivity index (χ1n) is 7.07. The van der Waals surface area contributed by atoms with Crippen molar-refractivity contribution in [3.63, 3.8) is 0 Å². The van der Waals surface area contributed by atoms with E-state index in [4.69, 9.17) is 19.3 Å². The Balaban J connectivity index is 1.98. The Morgan fingerprint density at radius 3 is 1.96 bits per heavy atom. The van der Waals surface area contributed by atoms with Crippen LogP contribution in [0.1, 0.15) is 0 Å². The van der Waals surface area contributed by atoms with E-state index in [1.54, 1.807) is 0 Å². The molecule has 2 aliphatic rings. The normalized spacial score (nSPS) is 49.8. The predicted molar refractivity (Wildman–Crippen MR) is 69.2 cm³/mol. The molecule has 0 aromatic rings. The van der Waals surface area contributed by atoms with E-state index in [2.05, 4.69) is 0 Å². The maximum atomic E-state index is 11.0. The number of carboxylic acids is 1. The van der Waals surface area contributed by atoms with Crippen molar-refractivity contribution in [1.82, 2.24) is 0 Å². The molecule has 12 heteroatoms. The van der Waals surface area contributed by atoms with Crippen molar-refractivity contribution in [3.8, 4) is 0 Å². The van der Waals surface area contributed by atoms with Crippen LogP contribution in [-0.2, 0) is 19.0 Å². The summed E-state index contributed by atoms with van der Waals surface area (Å²) in [6, 6.07) is 0. The molecule has 2 rings (SSSR count). The van der Waals surface area contributed by atoms with Crippen molar-refractivity contribution in [1.29, 1.82) is 0 Å². The number of aliphatic hydroxyl groups excluding tert-OH is 7. The molecule has 0 amide bonds. The third-order valence-corrected chi connectivity index (χ3v) is 3.92. The molecule has 0 spiro atoms. The Morgan fingerprint density at radius 1 is 0.792 bits per heavy atom. The number of aliphatic carboxylic acids is 1. The number of aliphatic hydroxyl groups is 7. The first kappa shape index (κ1) is 19.4. The van der Waals surface area contributed by atoms with Gasteiger partial charge in [-0.15, -0.1) is 0 Å². The summed E-state index contributed by atoms with van der Waals surface area (Å²) in [4.78, 5) is 11.0. The number of hydrogen-bond donors (Lipinski definition) is 8. The zero-order chi connectivity index (χ0) is 18.2. The minimum Gasteiger partial charge on any atom is -0.479 e. The number of carboxylic acid groups (broad SMARTS) is 1. The topological polar surface area (TPSA) is 207 Å². The van der Waals surface area contributed by atoms with Crippen LogP contribution in [0.25, 0.3) is 0 Å². The highest BCUT2D eigenvalue weighted by atomic mass is 16.7. The molecule has 8 N–H and O–H groups in total. The zero-order valence-corrected chi connectivity index (χ0v) is 12.2. The fourth-order valence-electron chi connectivity index (χ4n) is 2.45. The Hall–Kier alpha value is -0.930. The van der Waals surface area contributed by atoms with Gasteiger partial charge in [0.15, 0.2) is 18.7 Å². The van der Waals surface area contributed by atoms with Crippen molar-refractivity contribution in [3.05, 3.63) is 0 Å². The van der Waals surface area contributed by atoms with Gasteiger partial charge in [-0.3, -0.25) is 0 Å². The third-order valence-electron chi connectivity index (χ3n) is 3.92. The predicted octanol–water partition coefficient (Wildman–Crippen LogP) is -5.30. The van der Waals surface area contributed by atoms with Crippen LogP contribution in [0.2, 0.25) is 0 Å². The Bertz CT molecular complexity index is 446. The standard InChI is InChI=1S/C12H20O12/c13-3-2(23-11(21)7(17)4(3)14)1-22-12-8(18)5(15)6(16)9(24-12)10(19)20/h2-9,11-18,21H,1H2,(H,19,20)/t2-,3-,4+,5+,6+,7-,8-,9+,11+,12-/m1/s1. The molecule has 12 nitrogen and oxygen atoms in total. The van der Waals surface area contributed by atoms with Gasteiger partial charge in [0.25, 0.3) is 0 Å². The van der Waals surface area contributed by atoms with Crippen LogP contribution in [0.4, 0.5) is 0 Å². The molecular formula is C12H20O12. The van der Waals surface area contributed by atoms with Gasteiger partial charge in [-0.25, -0.2) is 4.79 Å². The van der Waals surface area contributed by atoms with Crippen molar-refractivity contribution in [2.24, 2.45) is 0 Å². The van der Waals surface area contributed by atoms with E-state index in [1.165, 1.54) is 0 Å². The molecule has 0 aliphatic carbocycles. The largest absolute Gasteiger partial charge is 0.479 e. The van der Waals surface area contributed by atoms with Crippen LogP contribution in [0.5, 0.6) is 0 Å². The lowest BCUT2D eigenvalue weighted by atomic mass is 9.98. The molecule has 2 heterocycles. The number of rotatable bonds is 4. The summed E-state index contributed by atoms with van der Waals surface area (Å²) in [6.07, 6.45) is -17.3. The Labute approximate surface area is 135 Å². The lowest BCUT2D eigenvalue weighted by Gasteiger charge is -2.41. The molecule has 140 valence electrons. The van der Waals surface area contributed by atoms with Gasteiger partial charge in [0, 0.05) is 0 Å². The summed E-state index contributed by atoms with van der Waals surface area (Å²) in [5.74, 6) is -1.59. The second kappa shape index (κ2) is 7.53. The summed E-state index contributed by atoms with van der Waals surface area (Å²) in [6.45, 7) is -0.584. The van der Waals surface area contributed by atoms with Gasteiger partial charge >= 0.3 is 5.97 Å². The fraction of sp³-hybridized carbons (Fsp3) is 0.917. The molecular weight excluding hydrogens is 336 g/mol. The van der Waals surface area contributed by atoms with Crippen molar-refractivity contribution >= 4 is 5.97 Å². The lowest BCUT2D eigenvalue weighted by Crippen LogP contribution is -2.62. The van der Waals surface area contributed by atoms with E-state index in [-0.39, 0.29) is 0 Å². The Morgan fingerprint density at radius 2 is 1.38 bits per heavy atom. The van der Waals surface area contributed by atoms with Crippen LogP contribution in [0, 0.1) is 0 Å². The average molecular weight is 356 g/mol. The number of carbonyl (C=O) groups is 1. The van der Waals surface area contributed by atoms with Gasteiger partial charge in [-0.1, -0.05) is 0 Å². The quantitative estimate of drug-likeness (QED) is 0.238. The van der Waals surface area contributed by atoms with Crippen LogP contribution in [-0.4, -0.2) is 115 Å². The van der Waals surface area contributed by atoms with E-state index in [0.717, 1.165) is 0 Å². The summed E-state index contributed by atoms with van der Waals surface area (Å²) in [5.41, 5.74) is 0. The molecule has 0 bridgehead atoms. The van der Waals surface area contributed by atoms with Crippen LogP contribution in [0.15, 0.2) is 0 Å². The van der Waals surface area contributed by atoms with Crippen molar-refractivity contribution in [2.75, 3.05) is 6.61 Å². The SMILES string of the molecule is O=C(O)[C@H]1O[C@@H](OC[C@H]2O[C@H](O)[C@H](O)[C@@H](O)[C@@H]2O)[C@H](O)[C@@H](O)[C@@H]1O. The highest BCUT2D eigenvalue weighted by Crippen LogP contribution is 2.25. The summed E-state index contributed by atoms with van der Waals surface area (Å²) < 4.78 is 14.7. The highest BCUT2D eigenvalue weighted by Gasteiger charge is 2.49. The van der Waals surface area contributed by atoms with Crippen LogP contribution < -0.4 is 0 Å². The number of ether oxygens (including phenoxy) is 3. The molecule has 10 atom stereocenters. The average Bonchev–Trinajstić information content (AvgIpc) is 2.54. The monoisotopic (exact) mass is 356 g/mol. The molecule has 0 radical (unpaired) electrons. The maximum absolute atomic E-state index is 11.0. The molecule has 0 unspecified atom stereocenters. The molecule has 2 aliphatic heterocycles. The second-order valence-corrected chi connectivity index (χ2v) is 5.61. The molecule has 24 heavy (non-hydrogen) atoms. The summed E-state index contributed by atoms with van der Waals surface area (Å²) >= 11 is 0. The van der Waals surface area contributed by atoms with Crippen molar-refractivity contribution < 1.29 is 59.9 Å². The second-order valence-electron chi connectivity index (χ2n) is 5.61. The van der Waals surface area contributed by atoms with Gasteiger partial charge in [0.05, 0.1) is 6.61 Å². The Kier molecular flexibility index (Phi) is 6.09. The minimum absolute atomic E-state index is 0.584. The van der Waals surface area contributed by atoms with Crippen LogP contribution in [0.3, 0.4) is 0 Å². The lowest BCUT2D eigenvalue weighted by molar-refractivity contribution is -0.321. The van der Waals surface area contributed by atoms with E-state index >= 15 is 0 Å². The maximum Gasteiger partial charge on any atom is 0.335 e. The minimum atomic E-state index is -1.88. The first-order chi connectivity index (χ1) is 11.1. The van der Waals surface area contributed by atoms with Crippen LogP contribution >= 0.6 is 0 Å². The van der Waals surface area contributed by atoms with Gasteiger partial charge in [0.2, 0.25) is 0 Å². The molecule has 2 saturated heterocycles. The molecule has 2 fully saturated rings. The number of hydrogen-bond acceptors (Lipinski definition) is 11. The fourth-order valence-corrected chi connectivity index (χ4v) is 2.45. The third kappa shape index (κ3) is 3.67. The molecule has 0 aromatic heterocycles. The highest BCUT2D eigenvalue weighted by molar-refractivity contribution is 5.73. The molecule has 0 saturated carbocycles.